The molecule has 0 aromatic heterocycles. The van der Waals surface area contributed by atoms with Crippen LogP contribution in [0.25, 0.3) is 0 Å². The molecule has 0 spiro atoms. The molecule has 0 fully saturated rings. The molecule has 7 heteroatoms. The van der Waals surface area contributed by atoms with E-state index in [-0.39, 0.29) is 6.54 Å². The summed E-state index contributed by atoms with van der Waals surface area (Å²) < 4.78 is 10.2. The van der Waals surface area contributed by atoms with Gasteiger partial charge in [-0.2, -0.15) is 0 Å². The van der Waals surface area contributed by atoms with Crippen LogP contribution in [0.4, 0.5) is 5.69 Å². The van der Waals surface area contributed by atoms with Crippen molar-refractivity contribution in [3.05, 3.63) is 58.7 Å². The first-order valence-corrected chi connectivity index (χ1v) is 9.21. The van der Waals surface area contributed by atoms with Crippen molar-refractivity contribution in [2.75, 3.05) is 19.0 Å². The Labute approximate surface area is 170 Å². The summed E-state index contributed by atoms with van der Waals surface area (Å²) in [5.41, 5.74) is 4.02. The lowest BCUT2D eigenvalue weighted by Gasteiger charge is -2.17. The van der Waals surface area contributed by atoms with E-state index < -0.39 is 23.9 Å². The molecule has 2 amide bonds. The molecule has 2 N–H and O–H groups in total. The van der Waals surface area contributed by atoms with Gasteiger partial charge in [0.1, 0.15) is 12.3 Å². The smallest absolute Gasteiger partial charge is 0.326 e. The predicted octanol–water partition coefficient (Wildman–Crippen LogP) is 2.92. The number of rotatable bonds is 7. The zero-order valence-corrected chi connectivity index (χ0v) is 17.3. The first kappa shape index (κ1) is 21.9. The Morgan fingerprint density at radius 3 is 2.31 bits per heavy atom. The summed E-state index contributed by atoms with van der Waals surface area (Å²) in [6.07, 6.45) is -1.00. The van der Waals surface area contributed by atoms with Crippen molar-refractivity contribution in [1.29, 1.82) is 0 Å². The fraction of sp³-hybridized carbons (Fsp3) is 0.318. The molecule has 2 aromatic rings. The van der Waals surface area contributed by atoms with Crippen molar-refractivity contribution in [1.82, 2.24) is 5.32 Å². The fourth-order valence-electron chi connectivity index (χ4n) is 2.91. The Morgan fingerprint density at radius 2 is 1.69 bits per heavy atom. The second kappa shape index (κ2) is 9.73. The highest BCUT2D eigenvalue weighted by Crippen LogP contribution is 2.22. The van der Waals surface area contributed by atoms with Crippen LogP contribution in [0.5, 0.6) is 5.75 Å². The summed E-state index contributed by atoms with van der Waals surface area (Å²) in [4.78, 5) is 36.5. The molecule has 1 atom stereocenters. The first-order chi connectivity index (χ1) is 13.7. The maximum absolute atomic E-state index is 12.4. The molecule has 0 heterocycles. The van der Waals surface area contributed by atoms with E-state index in [1.165, 1.54) is 14.0 Å². The van der Waals surface area contributed by atoms with Gasteiger partial charge in [0.15, 0.2) is 6.10 Å². The van der Waals surface area contributed by atoms with Gasteiger partial charge >= 0.3 is 5.97 Å². The molecule has 0 bridgehead atoms. The molecule has 0 aliphatic carbocycles. The number of methoxy groups -OCH3 is 1. The first-order valence-electron chi connectivity index (χ1n) is 9.21. The van der Waals surface area contributed by atoms with E-state index in [2.05, 4.69) is 10.6 Å². The summed E-state index contributed by atoms with van der Waals surface area (Å²) in [6.45, 7) is 6.92. The van der Waals surface area contributed by atoms with Gasteiger partial charge in [-0.3, -0.25) is 14.4 Å². The minimum atomic E-state index is -1.00. The second-order valence-corrected chi connectivity index (χ2v) is 6.81. The highest BCUT2D eigenvalue weighted by Gasteiger charge is 2.20. The Balaban J connectivity index is 1.88. The number of amides is 2. The summed E-state index contributed by atoms with van der Waals surface area (Å²) in [5.74, 6) is -1.05. The molecule has 0 saturated carbocycles. The largest absolute Gasteiger partial charge is 0.497 e. The number of ether oxygens (including phenoxy) is 2. The highest BCUT2D eigenvalue weighted by atomic mass is 16.5. The molecular weight excluding hydrogens is 372 g/mol. The quantitative estimate of drug-likeness (QED) is 0.700. The summed E-state index contributed by atoms with van der Waals surface area (Å²) in [7, 11) is 1.50. The van der Waals surface area contributed by atoms with E-state index >= 15 is 0 Å². The van der Waals surface area contributed by atoms with Crippen LogP contribution in [0.15, 0.2) is 36.4 Å². The van der Waals surface area contributed by atoms with Crippen LogP contribution in [0, 0.1) is 20.8 Å². The van der Waals surface area contributed by atoms with Crippen molar-refractivity contribution < 1.29 is 23.9 Å². The minimum absolute atomic E-state index is 0.351. The van der Waals surface area contributed by atoms with Crippen molar-refractivity contribution in [2.24, 2.45) is 0 Å². The van der Waals surface area contributed by atoms with Gasteiger partial charge in [-0.25, -0.2) is 0 Å². The van der Waals surface area contributed by atoms with Gasteiger partial charge in [0.05, 0.1) is 7.11 Å². The van der Waals surface area contributed by atoms with E-state index in [4.69, 9.17) is 9.47 Å². The third-order valence-corrected chi connectivity index (χ3v) is 4.33. The Morgan fingerprint density at radius 1 is 1.03 bits per heavy atom. The zero-order chi connectivity index (χ0) is 21.6. The minimum Gasteiger partial charge on any atom is -0.497 e. The second-order valence-electron chi connectivity index (χ2n) is 6.81. The number of nitrogens with one attached hydrogen (secondary N) is 2. The van der Waals surface area contributed by atoms with Crippen LogP contribution in [0.1, 0.15) is 34.0 Å². The number of hydrogen-bond acceptors (Lipinski definition) is 5. The van der Waals surface area contributed by atoms with Crippen LogP contribution >= 0.6 is 0 Å². The Kier molecular flexibility index (Phi) is 7.36. The average Bonchev–Trinajstić information content (AvgIpc) is 2.68. The zero-order valence-electron chi connectivity index (χ0n) is 17.3. The maximum Gasteiger partial charge on any atom is 0.326 e. The van der Waals surface area contributed by atoms with Crippen molar-refractivity contribution in [3.63, 3.8) is 0 Å². The van der Waals surface area contributed by atoms with E-state index in [0.29, 0.717) is 17.0 Å². The molecule has 0 aliphatic rings. The van der Waals surface area contributed by atoms with Gasteiger partial charge < -0.3 is 20.1 Å². The third-order valence-electron chi connectivity index (χ3n) is 4.33. The molecule has 29 heavy (non-hydrogen) atoms. The normalized spacial score (nSPS) is 11.3. The fourth-order valence-corrected chi connectivity index (χ4v) is 2.91. The van der Waals surface area contributed by atoms with E-state index in [0.717, 1.165) is 16.7 Å². The predicted molar refractivity (Wildman–Crippen MR) is 110 cm³/mol. The Hall–Kier alpha value is -3.35. The lowest BCUT2D eigenvalue weighted by atomic mass is 10.0. The molecule has 7 nitrogen and oxygen atoms in total. The van der Waals surface area contributed by atoms with Gasteiger partial charge in [-0.1, -0.05) is 23.8 Å². The molecule has 0 saturated heterocycles. The molecular formula is C22H26N2O5. The van der Waals surface area contributed by atoms with Crippen molar-refractivity contribution in [2.45, 2.75) is 33.8 Å². The van der Waals surface area contributed by atoms with Gasteiger partial charge in [-0.15, -0.1) is 0 Å². The molecule has 1 unspecified atom stereocenters. The lowest BCUT2D eigenvalue weighted by molar-refractivity contribution is -0.152. The van der Waals surface area contributed by atoms with E-state index in [1.807, 2.05) is 32.9 Å². The van der Waals surface area contributed by atoms with Crippen molar-refractivity contribution in [3.8, 4) is 5.75 Å². The molecule has 0 radical (unpaired) electrons. The van der Waals surface area contributed by atoms with Crippen LogP contribution in [-0.2, 0) is 14.3 Å². The van der Waals surface area contributed by atoms with Crippen LogP contribution in [-0.4, -0.2) is 37.5 Å². The summed E-state index contributed by atoms with van der Waals surface area (Å²) in [5, 5.41) is 5.26. The number of benzene rings is 2. The summed E-state index contributed by atoms with van der Waals surface area (Å²) in [6, 6.07) is 10.5. The molecule has 154 valence electrons. The van der Waals surface area contributed by atoms with Gasteiger partial charge in [0.2, 0.25) is 0 Å². The van der Waals surface area contributed by atoms with Crippen molar-refractivity contribution >= 4 is 23.5 Å². The number of esters is 1. The standard InChI is InChI=1S/C22H26N2O5/c1-13-9-14(2)20(15(3)10-13)24-21(26)16(4)29-19(25)12-23-22(27)17-7-6-8-18(11-17)28-5/h6-11,16H,12H2,1-5H3,(H,23,27)(H,24,26). The topological polar surface area (TPSA) is 93.7 Å². The van der Waals surface area contributed by atoms with Gasteiger partial charge in [0.25, 0.3) is 11.8 Å². The number of carbonyl (C=O) groups excluding carboxylic acids is 3. The number of aryl methyl sites for hydroxylation is 3. The average molecular weight is 398 g/mol. The maximum atomic E-state index is 12.4. The Bertz CT molecular complexity index is 900. The van der Waals surface area contributed by atoms with E-state index in [9.17, 15) is 14.4 Å². The number of hydrogen-bond donors (Lipinski definition) is 2. The SMILES string of the molecule is COc1cccc(C(=O)NCC(=O)OC(C)C(=O)Nc2c(C)cc(C)cc2C)c1. The lowest BCUT2D eigenvalue weighted by Crippen LogP contribution is -2.36. The van der Waals surface area contributed by atoms with E-state index in [1.54, 1.807) is 24.3 Å². The third kappa shape index (κ3) is 6.07. The summed E-state index contributed by atoms with van der Waals surface area (Å²) >= 11 is 0. The van der Waals surface area contributed by atoms with Crippen LogP contribution < -0.4 is 15.4 Å². The number of carbonyl (C=O) groups is 3. The van der Waals surface area contributed by atoms with Crippen LogP contribution in [0.3, 0.4) is 0 Å². The van der Waals surface area contributed by atoms with Crippen LogP contribution in [0.2, 0.25) is 0 Å². The molecule has 2 aromatic carbocycles. The monoisotopic (exact) mass is 398 g/mol. The van der Waals surface area contributed by atoms with Gasteiger partial charge in [0, 0.05) is 11.3 Å². The highest BCUT2D eigenvalue weighted by molar-refractivity contribution is 5.98. The number of anilines is 1. The molecule has 2 rings (SSSR count). The van der Waals surface area contributed by atoms with Gasteiger partial charge in [-0.05, 0) is 57.0 Å². The molecule has 0 aliphatic heterocycles.